The zero-order chi connectivity index (χ0) is 23.3. The Labute approximate surface area is 189 Å². The molecule has 0 aliphatic carbocycles. The van der Waals surface area contributed by atoms with Crippen molar-refractivity contribution < 1.29 is 28.9 Å². The predicted octanol–water partition coefficient (Wildman–Crippen LogP) is 2.95. The van der Waals surface area contributed by atoms with Crippen LogP contribution in [0.15, 0.2) is 11.6 Å². The number of carboxylic acids is 1. The molecule has 0 radical (unpaired) electrons. The fourth-order valence-electron chi connectivity index (χ4n) is 4.61. The summed E-state index contributed by atoms with van der Waals surface area (Å²) < 4.78 is 16.2. The number of carbonyl (C=O) groups excluding carboxylic acids is 1. The van der Waals surface area contributed by atoms with E-state index in [4.69, 9.17) is 19.9 Å². The van der Waals surface area contributed by atoms with E-state index in [0.717, 1.165) is 68.0 Å². The van der Waals surface area contributed by atoms with Crippen molar-refractivity contribution >= 4 is 17.6 Å². The van der Waals surface area contributed by atoms with Crippen molar-refractivity contribution in [1.82, 2.24) is 4.90 Å². The van der Waals surface area contributed by atoms with Gasteiger partial charge in [-0.15, -0.1) is 0 Å². The second-order valence-electron chi connectivity index (χ2n) is 8.52. The van der Waals surface area contributed by atoms with Crippen LogP contribution >= 0.6 is 0 Å². The molecule has 1 fully saturated rings. The van der Waals surface area contributed by atoms with Gasteiger partial charge in [0.25, 0.3) is 0 Å². The number of hydrogen-bond acceptors (Lipinski definition) is 7. The largest absolute Gasteiger partial charge is 0.496 e. The van der Waals surface area contributed by atoms with Crippen LogP contribution in [0.3, 0.4) is 0 Å². The van der Waals surface area contributed by atoms with E-state index in [1.807, 2.05) is 19.9 Å². The van der Waals surface area contributed by atoms with Crippen molar-refractivity contribution in [3.63, 3.8) is 0 Å². The molecule has 32 heavy (non-hydrogen) atoms. The molecular weight excluding hydrogens is 412 g/mol. The van der Waals surface area contributed by atoms with Gasteiger partial charge in [-0.25, -0.2) is 4.79 Å². The summed E-state index contributed by atoms with van der Waals surface area (Å²) >= 11 is 0. The lowest BCUT2D eigenvalue weighted by Gasteiger charge is -2.27. The number of cyclic esters (lactones) is 1. The SMILES string of the molecule is COc1c(C)c2c(c(N)c1C/C=C(\C)C(CCCN1CCOCC1)CC(=O)O)C(=O)OC2. The first-order valence-electron chi connectivity index (χ1n) is 11.2. The van der Waals surface area contributed by atoms with Gasteiger partial charge >= 0.3 is 11.9 Å². The number of nitrogens with two attached hydrogens (primary N) is 1. The van der Waals surface area contributed by atoms with Gasteiger partial charge in [0.05, 0.1) is 38.0 Å². The number of morpholine rings is 1. The molecule has 2 heterocycles. The highest BCUT2D eigenvalue weighted by atomic mass is 16.5. The molecule has 3 rings (SSSR count). The van der Waals surface area contributed by atoms with Gasteiger partial charge in [-0.1, -0.05) is 11.6 Å². The molecule has 8 heteroatoms. The van der Waals surface area contributed by atoms with Gasteiger partial charge in [0.2, 0.25) is 0 Å². The van der Waals surface area contributed by atoms with Crippen molar-refractivity contribution in [2.45, 2.75) is 46.1 Å². The summed E-state index contributed by atoms with van der Waals surface area (Å²) in [6.07, 6.45) is 4.30. The van der Waals surface area contributed by atoms with Crippen LogP contribution in [-0.2, 0) is 27.3 Å². The normalized spacial score (nSPS) is 17.7. The Hall–Kier alpha value is -2.58. The molecule has 2 aliphatic heterocycles. The molecule has 8 nitrogen and oxygen atoms in total. The predicted molar refractivity (Wildman–Crippen MR) is 121 cm³/mol. The highest BCUT2D eigenvalue weighted by molar-refractivity contribution is 6.00. The molecule has 0 saturated carbocycles. The summed E-state index contributed by atoms with van der Waals surface area (Å²) in [6, 6.07) is 0. The summed E-state index contributed by atoms with van der Waals surface area (Å²) in [5.41, 5.74) is 10.6. The molecular formula is C24H34N2O6. The van der Waals surface area contributed by atoms with Crippen LogP contribution in [0.1, 0.15) is 53.2 Å². The lowest BCUT2D eigenvalue weighted by atomic mass is 9.89. The average molecular weight is 447 g/mol. The molecule has 3 N–H and O–H groups in total. The number of rotatable bonds is 10. The third kappa shape index (κ3) is 5.42. The summed E-state index contributed by atoms with van der Waals surface area (Å²) in [4.78, 5) is 26.0. The van der Waals surface area contributed by atoms with Crippen molar-refractivity contribution in [3.05, 3.63) is 33.9 Å². The molecule has 1 aromatic rings. The molecule has 0 amide bonds. The molecule has 1 atom stereocenters. The van der Waals surface area contributed by atoms with Crippen LogP contribution in [0.5, 0.6) is 5.75 Å². The summed E-state index contributed by atoms with van der Waals surface area (Å²) in [7, 11) is 1.59. The first-order valence-corrected chi connectivity index (χ1v) is 11.2. The lowest BCUT2D eigenvalue weighted by molar-refractivity contribution is -0.137. The number of benzene rings is 1. The van der Waals surface area contributed by atoms with Gasteiger partial charge in [0.15, 0.2) is 0 Å². The lowest BCUT2D eigenvalue weighted by Crippen LogP contribution is -2.37. The number of nitrogen functional groups attached to an aromatic ring is 1. The van der Waals surface area contributed by atoms with Crippen LogP contribution in [0.4, 0.5) is 5.69 Å². The minimum absolute atomic E-state index is 0.0544. The maximum Gasteiger partial charge on any atom is 0.341 e. The van der Waals surface area contributed by atoms with E-state index in [9.17, 15) is 14.7 Å². The number of hydrogen-bond donors (Lipinski definition) is 2. The van der Waals surface area contributed by atoms with Crippen molar-refractivity contribution in [3.8, 4) is 5.75 Å². The minimum atomic E-state index is -0.803. The van der Waals surface area contributed by atoms with E-state index in [-0.39, 0.29) is 18.9 Å². The minimum Gasteiger partial charge on any atom is -0.496 e. The van der Waals surface area contributed by atoms with Gasteiger partial charge in [-0.3, -0.25) is 9.69 Å². The monoisotopic (exact) mass is 446 g/mol. The van der Waals surface area contributed by atoms with E-state index in [2.05, 4.69) is 4.90 Å². The van der Waals surface area contributed by atoms with Gasteiger partial charge in [-0.05, 0) is 51.1 Å². The summed E-state index contributed by atoms with van der Waals surface area (Å²) in [5, 5.41) is 9.42. The number of fused-ring (bicyclic) bond motifs is 1. The molecule has 2 aliphatic rings. The average Bonchev–Trinajstić information content (AvgIpc) is 3.16. The molecule has 0 spiro atoms. The third-order valence-corrected chi connectivity index (χ3v) is 6.54. The molecule has 1 aromatic carbocycles. The fourth-order valence-corrected chi connectivity index (χ4v) is 4.61. The standard InChI is InChI=1S/C24H34N2O6/c1-15(17(13-20(27)28)5-4-8-26-9-11-31-12-10-26)6-7-18-22(25)21-19(14-32-24(21)29)16(2)23(18)30-3/h6,17H,4-5,7-14,25H2,1-3H3,(H,27,28)/b15-6+. The second-order valence-corrected chi connectivity index (χ2v) is 8.52. The molecule has 0 aromatic heterocycles. The van der Waals surface area contributed by atoms with Gasteiger partial charge in [0.1, 0.15) is 12.4 Å². The number of esters is 1. The quantitative estimate of drug-likeness (QED) is 0.321. The van der Waals surface area contributed by atoms with Crippen molar-refractivity contribution in [1.29, 1.82) is 0 Å². The fraction of sp³-hybridized carbons (Fsp3) is 0.583. The first-order chi connectivity index (χ1) is 15.3. The number of anilines is 1. The number of carbonyl (C=O) groups is 2. The van der Waals surface area contributed by atoms with Crippen LogP contribution in [0.2, 0.25) is 0 Å². The Morgan fingerprint density at radius 1 is 1.34 bits per heavy atom. The molecule has 1 unspecified atom stereocenters. The van der Waals surface area contributed by atoms with Gasteiger partial charge in [-0.2, -0.15) is 0 Å². The zero-order valence-corrected chi connectivity index (χ0v) is 19.2. The van der Waals surface area contributed by atoms with Crippen molar-refractivity contribution in [2.24, 2.45) is 5.92 Å². The smallest absolute Gasteiger partial charge is 0.341 e. The Morgan fingerprint density at radius 3 is 2.72 bits per heavy atom. The number of allylic oxidation sites excluding steroid dienone is 2. The maximum atomic E-state index is 12.2. The second kappa shape index (κ2) is 10.8. The van der Waals surface area contributed by atoms with E-state index >= 15 is 0 Å². The topological polar surface area (TPSA) is 111 Å². The van der Waals surface area contributed by atoms with Gasteiger partial charge in [0, 0.05) is 24.2 Å². The van der Waals surface area contributed by atoms with E-state index in [0.29, 0.717) is 23.4 Å². The van der Waals surface area contributed by atoms with E-state index in [1.165, 1.54) is 0 Å². The number of aliphatic carboxylic acids is 1. The molecule has 176 valence electrons. The van der Waals surface area contributed by atoms with Crippen LogP contribution in [0, 0.1) is 12.8 Å². The first kappa shape index (κ1) is 24.1. The van der Waals surface area contributed by atoms with Crippen LogP contribution in [0.25, 0.3) is 0 Å². The zero-order valence-electron chi connectivity index (χ0n) is 19.2. The molecule has 0 bridgehead atoms. The number of ether oxygens (including phenoxy) is 3. The Bertz CT molecular complexity index is 889. The Morgan fingerprint density at radius 2 is 2.06 bits per heavy atom. The van der Waals surface area contributed by atoms with Crippen LogP contribution in [-0.4, -0.2) is 61.9 Å². The number of carboxylic acid groups (broad SMARTS) is 1. The molecule has 1 saturated heterocycles. The van der Waals surface area contributed by atoms with Crippen LogP contribution < -0.4 is 10.5 Å². The number of methoxy groups -OCH3 is 1. The van der Waals surface area contributed by atoms with Gasteiger partial charge < -0.3 is 25.1 Å². The Kier molecular flexibility index (Phi) is 8.15. The Balaban J connectivity index is 1.75. The third-order valence-electron chi connectivity index (χ3n) is 6.54. The highest BCUT2D eigenvalue weighted by Gasteiger charge is 2.30. The number of nitrogens with zero attached hydrogens (tertiary/aromatic N) is 1. The van der Waals surface area contributed by atoms with Crippen molar-refractivity contribution in [2.75, 3.05) is 45.7 Å². The summed E-state index contributed by atoms with van der Waals surface area (Å²) in [5.74, 6) is -0.605. The highest BCUT2D eigenvalue weighted by Crippen LogP contribution is 2.40. The van der Waals surface area contributed by atoms with E-state index < -0.39 is 11.9 Å². The maximum absolute atomic E-state index is 12.2. The summed E-state index contributed by atoms with van der Waals surface area (Å²) in [6.45, 7) is 8.40. The van der Waals surface area contributed by atoms with E-state index in [1.54, 1.807) is 7.11 Å².